The van der Waals surface area contributed by atoms with Gasteiger partial charge in [-0.3, -0.25) is 24.2 Å². The first-order chi connectivity index (χ1) is 21.7. The van der Waals surface area contributed by atoms with Crippen LogP contribution in [0.4, 0.5) is 0 Å². The van der Waals surface area contributed by atoms with Crippen LogP contribution in [-0.4, -0.2) is 109 Å². The van der Waals surface area contributed by atoms with Gasteiger partial charge in [0.1, 0.15) is 5.75 Å². The second kappa shape index (κ2) is 15.7. The third-order valence-corrected chi connectivity index (χ3v) is 10.5. The van der Waals surface area contributed by atoms with Crippen molar-refractivity contribution in [1.29, 1.82) is 0 Å². The Morgan fingerprint density at radius 1 is 0.978 bits per heavy atom. The molecule has 0 aliphatic carbocycles. The van der Waals surface area contributed by atoms with Crippen LogP contribution in [0.25, 0.3) is 0 Å². The largest absolute Gasteiger partial charge is 0.497 e. The molecule has 11 heteroatoms. The Labute approximate surface area is 267 Å². The van der Waals surface area contributed by atoms with Gasteiger partial charge >= 0.3 is 0 Å². The van der Waals surface area contributed by atoms with Gasteiger partial charge in [0.15, 0.2) is 0 Å². The number of carbonyl (C=O) groups excluding carboxylic acids is 3. The highest BCUT2D eigenvalue weighted by atomic mass is 16.5. The molecule has 4 fully saturated rings. The lowest BCUT2D eigenvalue weighted by Crippen LogP contribution is -2.58. The minimum absolute atomic E-state index is 0.0658. The molecule has 0 unspecified atom stereocenters. The number of hydrogen-bond acceptors (Lipinski definition) is 8. The van der Waals surface area contributed by atoms with Gasteiger partial charge in [-0.15, -0.1) is 0 Å². The third-order valence-electron chi connectivity index (χ3n) is 10.5. The van der Waals surface area contributed by atoms with Crippen LogP contribution in [0.3, 0.4) is 0 Å². The number of piperidine rings is 2. The summed E-state index contributed by atoms with van der Waals surface area (Å²) < 4.78 is 11.0. The Balaban J connectivity index is 1.25. The van der Waals surface area contributed by atoms with Gasteiger partial charge in [0, 0.05) is 64.8 Å². The van der Waals surface area contributed by atoms with Crippen LogP contribution in [-0.2, 0) is 25.7 Å². The van der Waals surface area contributed by atoms with E-state index in [-0.39, 0.29) is 42.4 Å². The zero-order valence-electron chi connectivity index (χ0n) is 27.1. The molecular weight excluding hydrogens is 574 g/mol. The molecule has 1 spiro atoms. The van der Waals surface area contributed by atoms with Crippen LogP contribution in [0.2, 0.25) is 0 Å². The molecule has 1 aromatic rings. The molecule has 11 nitrogen and oxygen atoms in total. The molecule has 0 aromatic heterocycles. The maximum absolute atomic E-state index is 13.4. The molecule has 0 saturated carbocycles. The number of amides is 3. The number of methoxy groups -OCH3 is 1. The number of ether oxygens (including phenoxy) is 2. The van der Waals surface area contributed by atoms with Crippen molar-refractivity contribution >= 4 is 17.7 Å². The number of nitrogens with zero attached hydrogens (tertiary/aromatic N) is 2. The number of fused-ring (bicyclic) bond motifs is 1. The van der Waals surface area contributed by atoms with Crippen molar-refractivity contribution in [3.63, 3.8) is 0 Å². The molecule has 0 bridgehead atoms. The number of aliphatic hydroxyl groups is 1. The summed E-state index contributed by atoms with van der Waals surface area (Å²) >= 11 is 0. The first-order valence-electron chi connectivity index (χ1n) is 16.9. The van der Waals surface area contributed by atoms with E-state index in [4.69, 9.17) is 9.47 Å². The zero-order chi connectivity index (χ0) is 31.8. The Kier molecular flexibility index (Phi) is 11.7. The van der Waals surface area contributed by atoms with E-state index in [1.165, 1.54) is 0 Å². The average Bonchev–Trinajstić information content (AvgIpc) is 3.03. The third kappa shape index (κ3) is 9.40. The standard InChI is InChI=1S/C34H53N5O6/c1-24-30(40)20-32(42)37-34(10-14-38(15-11-34)22-25-4-3-5-29(18-25)44-2)21-33(43)35-12-6-27-23-39(28-8-16-45-17-9-28)13-7-26(27)19-31(41)36-24/h3-5,18,24,26-28,30,40H,6-17,19-23H2,1-2H3,(H,35,43)(H,36,41)(H,37,42)/t24-,26-,27-,30-/m0/s1. The summed E-state index contributed by atoms with van der Waals surface area (Å²) in [4.78, 5) is 44.7. The predicted molar refractivity (Wildman–Crippen MR) is 170 cm³/mol. The molecule has 4 heterocycles. The zero-order valence-corrected chi connectivity index (χ0v) is 27.1. The van der Waals surface area contributed by atoms with Gasteiger partial charge in [-0.1, -0.05) is 12.1 Å². The summed E-state index contributed by atoms with van der Waals surface area (Å²) in [6.45, 7) is 7.99. The molecule has 1 aromatic carbocycles. The van der Waals surface area contributed by atoms with E-state index >= 15 is 0 Å². The fourth-order valence-corrected chi connectivity index (χ4v) is 7.73. The first kappa shape index (κ1) is 33.6. The Morgan fingerprint density at radius 3 is 2.51 bits per heavy atom. The Hall–Kier alpha value is -2.73. The Morgan fingerprint density at radius 2 is 1.76 bits per heavy atom. The lowest BCUT2D eigenvalue weighted by Gasteiger charge is -2.44. The number of likely N-dealkylation sites (tertiary alicyclic amines) is 2. The topological polar surface area (TPSA) is 132 Å². The minimum atomic E-state index is -1.02. The van der Waals surface area contributed by atoms with E-state index in [0.29, 0.717) is 31.8 Å². The Bertz CT molecular complexity index is 1150. The van der Waals surface area contributed by atoms with E-state index < -0.39 is 17.7 Å². The molecule has 4 N–H and O–H groups in total. The van der Waals surface area contributed by atoms with Gasteiger partial charge < -0.3 is 30.5 Å². The van der Waals surface area contributed by atoms with Gasteiger partial charge in [-0.05, 0) is 81.5 Å². The number of carbonyl (C=O) groups is 3. The first-order valence-corrected chi connectivity index (χ1v) is 16.9. The molecule has 4 aliphatic rings. The molecule has 250 valence electrons. The fraction of sp³-hybridized carbons (Fsp3) is 0.735. The van der Waals surface area contributed by atoms with Crippen LogP contribution in [0.1, 0.15) is 70.3 Å². The maximum atomic E-state index is 13.4. The molecule has 4 aliphatic heterocycles. The number of benzene rings is 1. The van der Waals surface area contributed by atoms with Crippen molar-refractivity contribution in [2.24, 2.45) is 11.8 Å². The molecule has 45 heavy (non-hydrogen) atoms. The van der Waals surface area contributed by atoms with Gasteiger partial charge in [0.25, 0.3) is 0 Å². The lowest BCUT2D eigenvalue weighted by molar-refractivity contribution is -0.130. The van der Waals surface area contributed by atoms with E-state index in [1.54, 1.807) is 14.0 Å². The van der Waals surface area contributed by atoms with Crippen LogP contribution < -0.4 is 20.7 Å². The summed E-state index contributed by atoms with van der Waals surface area (Å²) in [5.74, 6) is 0.858. The molecular formula is C34H53N5O6. The highest BCUT2D eigenvalue weighted by Crippen LogP contribution is 2.32. The molecule has 0 radical (unpaired) electrons. The highest BCUT2D eigenvalue weighted by Gasteiger charge is 2.39. The lowest BCUT2D eigenvalue weighted by atomic mass is 9.79. The van der Waals surface area contributed by atoms with Crippen molar-refractivity contribution < 1.29 is 29.0 Å². The predicted octanol–water partition coefficient (Wildman–Crippen LogP) is 1.82. The van der Waals surface area contributed by atoms with E-state index in [2.05, 4.69) is 31.8 Å². The van der Waals surface area contributed by atoms with Gasteiger partial charge in [-0.25, -0.2) is 0 Å². The summed E-state index contributed by atoms with van der Waals surface area (Å²) in [7, 11) is 1.66. The summed E-state index contributed by atoms with van der Waals surface area (Å²) in [6.07, 6.45) is 4.50. The quantitative estimate of drug-likeness (QED) is 0.398. The number of hydrogen-bond donors (Lipinski definition) is 4. The SMILES string of the molecule is COc1cccc(CN2CCC3(CC2)CC(=O)NCC[C@H]2CN(C4CCOCC4)CC[C@H]2CC(=O)N[C@@H](C)[C@@H](O)CC(=O)N3)c1. The number of rotatable bonds is 4. The van der Waals surface area contributed by atoms with Crippen molar-refractivity contribution in [3.8, 4) is 5.75 Å². The van der Waals surface area contributed by atoms with E-state index in [1.807, 2.05) is 18.2 Å². The molecule has 5 rings (SSSR count). The fourth-order valence-electron chi connectivity index (χ4n) is 7.73. The molecule has 3 amide bonds. The van der Waals surface area contributed by atoms with Crippen LogP contribution >= 0.6 is 0 Å². The normalized spacial score (nSPS) is 30.2. The summed E-state index contributed by atoms with van der Waals surface area (Å²) in [5.41, 5.74) is 0.461. The van der Waals surface area contributed by atoms with E-state index in [9.17, 15) is 19.5 Å². The monoisotopic (exact) mass is 627 g/mol. The number of aliphatic hydroxyl groups excluding tert-OH is 1. The van der Waals surface area contributed by atoms with Gasteiger partial charge in [-0.2, -0.15) is 0 Å². The van der Waals surface area contributed by atoms with Crippen molar-refractivity contribution in [2.45, 2.75) is 95.0 Å². The van der Waals surface area contributed by atoms with Crippen LogP contribution in [0.5, 0.6) is 5.75 Å². The summed E-state index contributed by atoms with van der Waals surface area (Å²) in [5, 5.41) is 20.2. The average molecular weight is 628 g/mol. The van der Waals surface area contributed by atoms with Crippen LogP contribution in [0.15, 0.2) is 24.3 Å². The molecule has 4 atom stereocenters. The second-order valence-corrected chi connectivity index (χ2v) is 13.8. The van der Waals surface area contributed by atoms with Gasteiger partial charge in [0.05, 0.1) is 31.2 Å². The maximum Gasteiger partial charge on any atom is 0.223 e. The minimum Gasteiger partial charge on any atom is -0.497 e. The molecule has 4 saturated heterocycles. The van der Waals surface area contributed by atoms with E-state index in [0.717, 1.165) is 82.9 Å². The number of nitrogens with one attached hydrogen (secondary N) is 3. The smallest absolute Gasteiger partial charge is 0.223 e. The van der Waals surface area contributed by atoms with Crippen molar-refractivity contribution in [3.05, 3.63) is 29.8 Å². The van der Waals surface area contributed by atoms with Gasteiger partial charge in [0.2, 0.25) is 17.7 Å². The van der Waals surface area contributed by atoms with Crippen molar-refractivity contribution in [2.75, 3.05) is 53.0 Å². The van der Waals surface area contributed by atoms with Crippen LogP contribution in [0, 0.1) is 11.8 Å². The second-order valence-electron chi connectivity index (χ2n) is 13.8. The summed E-state index contributed by atoms with van der Waals surface area (Å²) in [6, 6.07) is 7.98. The highest BCUT2D eigenvalue weighted by molar-refractivity contribution is 5.81. The van der Waals surface area contributed by atoms with Crippen molar-refractivity contribution in [1.82, 2.24) is 25.8 Å².